The third-order valence-corrected chi connectivity index (χ3v) is 5.76. The lowest BCUT2D eigenvalue weighted by molar-refractivity contribution is 0.281. The van der Waals surface area contributed by atoms with E-state index in [-0.39, 0.29) is 16.2 Å². The van der Waals surface area contributed by atoms with Crippen molar-refractivity contribution in [1.29, 1.82) is 0 Å². The summed E-state index contributed by atoms with van der Waals surface area (Å²) in [7, 11) is -3.54. The second-order valence-electron chi connectivity index (χ2n) is 5.05. The Kier molecular flexibility index (Phi) is 5.43. The SMILES string of the molecule is CSC(C)(C)CNS(=O)(=O)c1cc(CO)ccc1C. The first-order valence-electron chi connectivity index (χ1n) is 5.97. The van der Waals surface area contributed by atoms with Crippen LogP contribution in [0, 0.1) is 6.92 Å². The predicted octanol–water partition coefficient (Wildman–Crippen LogP) is 1.91. The highest BCUT2D eigenvalue weighted by atomic mass is 32.2. The molecule has 0 saturated carbocycles. The van der Waals surface area contributed by atoms with Crippen LogP contribution >= 0.6 is 11.8 Å². The summed E-state index contributed by atoms with van der Waals surface area (Å²) in [6.45, 7) is 5.90. The molecule has 0 aliphatic heterocycles. The van der Waals surface area contributed by atoms with E-state index in [4.69, 9.17) is 5.11 Å². The number of thioether (sulfide) groups is 1. The van der Waals surface area contributed by atoms with Crippen molar-refractivity contribution in [1.82, 2.24) is 4.72 Å². The summed E-state index contributed by atoms with van der Waals surface area (Å²) in [6.07, 6.45) is 1.95. The van der Waals surface area contributed by atoms with E-state index in [2.05, 4.69) is 4.72 Å². The molecule has 0 amide bonds. The molecule has 4 nitrogen and oxygen atoms in total. The van der Waals surface area contributed by atoms with E-state index >= 15 is 0 Å². The van der Waals surface area contributed by atoms with E-state index in [0.29, 0.717) is 17.7 Å². The maximum atomic E-state index is 12.3. The monoisotopic (exact) mass is 303 g/mol. The zero-order chi connectivity index (χ0) is 14.7. The highest BCUT2D eigenvalue weighted by Crippen LogP contribution is 2.22. The molecule has 2 N–H and O–H groups in total. The summed E-state index contributed by atoms with van der Waals surface area (Å²) < 4.78 is 27.0. The fourth-order valence-corrected chi connectivity index (χ4v) is 3.26. The van der Waals surface area contributed by atoms with Crippen LogP contribution in [0.1, 0.15) is 25.0 Å². The standard InChI is InChI=1S/C13H21NO3S2/c1-10-5-6-11(8-15)7-12(10)19(16,17)14-9-13(2,3)18-4/h5-7,14-15H,8-9H2,1-4H3. The van der Waals surface area contributed by atoms with Crippen LogP contribution in [-0.2, 0) is 16.6 Å². The van der Waals surface area contributed by atoms with Crippen molar-refractivity contribution in [2.45, 2.75) is 37.0 Å². The number of rotatable bonds is 6. The fourth-order valence-electron chi connectivity index (χ4n) is 1.45. The molecule has 19 heavy (non-hydrogen) atoms. The zero-order valence-electron chi connectivity index (χ0n) is 11.7. The highest BCUT2D eigenvalue weighted by molar-refractivity contribution is 8.00. The predicted molar refractivity (Wildman–Crippen MR) is 79.9 cm³/mol. The van der Waals surface area contributed by atoms with Crippen LogP contribution in [0.25, 0.3) is 0 Å². The van der Waals surface area contributed by atoms with E-state index in [9.17, 15) is 8.42 Å². The summed E-state index contributed by atoms with van der Waals surface area (Å²) >= 11 is 1.61. The number of sulfonamides is 1. The van der Waals surface area contributed by atoms with Crippen LogP contribution in [0.4, 0.5) is 0 Å². The molecule has 0 bridgehead atoms. The second kappa shape index (κ2) is 6.26. The number of hydrogen-bond donors (Lipinski definition) is 2. The van der Waals surface area contributed by atoms with Gasteiger partial charge in [-0.05, 0) is 44.2 Å². The van der Waals surface area contributed by atoms with Crippen molar-refractivity contribution in [2.75, 3.05) is 12.8 Å². The first-order valence-corrected chi connectivity index (χ1v) is 8.68. The lowest BCUT2D eigenvalue weighted by Crippen LogP contribution is -2.36. The minimum Gasteiger partial charge on any atom is -0.392 e. The Morgan fingerprint density at radius 1 is 1.37 bits per heavy atom. The second-order valence-corrected chi connectivity index (χ2v) is 8.30. The van der Waals surface area contributed by atoms with Gasteiger partial charge in [-0.25, -0.2) is 13.1 Å². The van der Waals surface area contributed by atoms with Crippen molar-refractivity contribution in [2.24, 2.45) is 0 Å². The average molecular weight is 303 g/mol. The lowest BCUT2D eigenvalue weighted by Gasteiger charge is -2.22. The van der Waals surface area contributed by atoms with Crippen molar-refractivity contribution >= 4 is 21.8 Å². The molecular formula is C13H21NO3S2. The molecule has 0 aromatic heterocycles. The van der Waals surface area contributed by atoms with Crippen LogP contribution in [0.3, 0.4) is 0 Å². The molecule has 0 saturated heterocycles. The highest BCUT2D eigenvalue weighted by Gasteiger charge is 2.22. The van der Waals surface area contributed by atoms with E-state index in [1.165, 1.54) is 6.07 Å². The summed E-state index contributed by atoms with van der Waals surface area (Å²) in [6, 6.07) is 4.95. The molecule has 1 aromatic rings. The third kappa shape index (κ3) is 4.49. The van der Waals surface area contributed by atoms with Gasteiger partial charge in [0, 0.05) is 11.3 Å². The number of aryl methyl sites for hydroxylation is 1. The maximum absolute atomic E-state index is 12.3. The summed E-state index contributed by atoms with van der Waals surface area (Å²) in [5.41, 5.74) is 1.27. The summed E-state index contributed by atoms with van der Waals surface area (Å²) in [4.78, 5) is 0.232. The topological polar surface area (TPSA) is 66.4 Å². The van der Waals surface area contributed by atoms with E-state index in [1.807, 2.05) is 20.1 Å². The van der Waals surface area contributed by atoms with Crippen LogP contribution in [-0.4, -0.2) is 31.1 Å². The molecule has 0 aliphatic carbocycles. The Balaban J connectivity index is 3.00. The third-order valence-electron chi connectivity index (χ3n) is 2.97. The maximum Gasteiger partial charge on any atom is 0.240 e. The largest absolute Gasteiger partial charge is 0.392 e. The number of aliphatic hydroxyl groups is 1. The van der Waals surface area contributed by atoms with Gasteiger partial charge in [-0.2, -0.15) is 11.8 Å². The summed E-state index contributed by atoms with van der Waals surface area (Å²) in [5, 5.41) is 9.10. The van der Waals surface area contributed by atoms with Crippen molar-refractivity contribution in [3.8, 4) is 0 Å². The fraction of sp³-hybridized carbons (Fsp3) is 0.538. The average Bonchev–Trinajstić information content (AvgIpc) is 2.37. The van der Waals surface area contributed by atoms with Gasteiger partial charge in [-0.15, -0.1) is 0 Å². The number of benzene rings is 1. The smallest absolute Gasteiger partial charge is 0.240 e. The molecule has 1 rings (SSSR count). The Morgan fingerprint density at radius 3 is 2.53 bits per heavy atom. The van der Waals surface area contributed by atoms with Crippen LogP contribution < -0.4 is 4.72 Å². The van der Waals surface area contributed by atoms with Crippen LogP contribution in [0.5, 0.6) is 0 Å². The number of aliphatic hydroxyl groups excluding tert-OH is 1. The van der Waals surface area contributed by atoms with Gasteiger partial charge < -0.3 is 5.11 Å². The Bertz CT molecular complexity index is 539. The molecular weight excluding hydrogens is 282 g/mol. The van der Waals surface area contributed by atoms with Crippen LogP contribution in [0.2, 0.25) is 0 Å². The van der Waals surface area contributed by atoms with Gasteiger partial charge >= 0.3 is 0 Å². The minimum absolute atomic E-state index is 0.157. The first-order chi connectivity index (χ1) is 8.72. The van der Waals surface area contributed by atoms with Crippen molar-refractivity contribution in [3.05, 3.63) is 29.3 Å². The molecule has 1 aromatic carbocycles. The quantitative estimate of drug-likeness (QED) is 0.842. The van der Waals surface area contributed by atoms with Gasteiger partial charge in [0.05, 0.1) is 11.5 Å². The first kappa shape index (κ1) is 16.5. The van der Waals surface area contributed by atoms with Crippen molar-refractivity contribution < 1.29 is 13.5 Å². The molecule has 0 heterocycles. The minimum atomic E-state index is -3.54. The molecule has 0 fully saturated rings. The van der Waals surface area contributed by atoms with Gasteiger partial charge in [-0.3, -0.25) is 0 Å². The van der Waals surface area contributed by atoms with Gasteiger partial charge in [0.2, 0.25) is 10.0 Å². The van der Waals surface area contributed by atoms with Gasteiger partial charge in [0.15, 0.2) is 0 Å². The normalized spacial score (nSPS) is 12.7. The van der Waals surface area contributed by atoms with Crippen molar-refractivity contribution in [3.63, 3.8) is 0 Å². The van der Waals surface area contributed by atoms with E-state index in [1.54, 1.807) is 30.8 Å². The van der Waals surface area contributed by atoms with E-state index < -0.39 is 10.0 Å². The molecule has 6 heteroatoms. The lowest BCUT2D eigenvalue weighted by atomic mass is 10.2. The van der Waals surface area contributed by atoms with Gasteiger partial charge in [-0.1, -0.05) is 12.1 Å². The molecule has 0 unspecified atom stereocenters. The molecule has 0 spiro atoms. The number of hydrogen-bond acceptors (Lipinski definition) is 4. The zero-order valence-corrected chi connectivity index (χ0v) is 13.4. The van der Waals surface area contributed by atoms with Crippen LogP contribution in [0.15, 0.2) is 23.1 Å². The molecule has 0 atom stereocenters. The van der Waals surface area contributed by atoms with E-state index in [0.717, 1.165) is 0 Å². The Labute approximate surface area is 119 Å². The number of nitrogens with one attached hydrogen (secondary N) is 1. The molecule has 0 radical (unpaired) electrons. The van der Waals surface area contributed by atoms with Gasteiger partial charge in [0.1, 0.15) is 0 Å². The molecule has 108 valence electrons. The summed E-state index contributed by atoms with van der Waals surface area (Å²) in [5.74, 6) is 0. The Hall–Kier alpha value is -0.560. The molecule has 0 aliphatic rings. The Morgan fingerprint density at radius 2 is 2.00 bits per heavy atom. The van der Waals surface area contributed by atoms with Gasteiger partial charge in [0.25, 0.3) is 0 Å².